The highest BCUT2D eigenvalue weighted by atomic mass is 32.2. The average molecular weight is 422 g/mol. The molecule has 0 saturated carbocycles. The van der Waals surface area contributed by atoms with Crippen molar-refractivity contribution < 1.29 is 0 Å². The minimum absolute atomic E-state index is 0.0551. The lowest BCUT2D eigenvalue weighted by Gasteiger charge is -2.38. The monoisotopic (exact) mass is 421 g/mol. The van der Waals surface area contributed by atoms with Crippen LogP contribution in [0, 0.1) is 11.3 Å². The lowest BCUT2D eigenvalue weighted by atomic mass is 10.0. The molecule has 2 atom stereocenters. The van der Waals surface area contributed by atoms with Gasteiger partial charge < -0.3 is 4.90 Å². The fraction of sp³-hybridized carbons (Fsp3) is 0.120. The van der Waals surface area contributed by atoms with Gasteiger partial charge in [-0.05, 0) is 24.3 Å². The van der Waals surface area contributed by atoms with Crippen molar-refractivity contribution >= 4 is 29.0 Å². The SMILES string of the molecule is N#CC1=NC(c2ccccc2)=CN2C1=NC(c1ccccn1)CC2Sc1ccccc1. The summed E-state index contributed by atoms with van der Waals surface area (Å²) in [4.78, 5) is 17.3. The van der Waals surface area contributed by atoms with E-state index in [-0.39, 0.29) is 11.4 Å². The van der Waals surface area contributed by atoms with Gasteiger partial charge in [-0.2, -0.15) is 5.26 Å². The maximum absolute atomic E-state index is 9.89. The largest absolute Gasteiger partial charge is 0.316 e. The maximum Gasteiger partial charge on any atom is 0.183 e. The van der Waals surface area contributed by atoms with Crippen LogP contribution in [-0.2, 0) is 0 Å². The second-order valence-electron chi connectivity index (χ2n) is 7.20. The third-order valence-corrected chi connectivity index (χ3v) is 6.42. The highest BCUT2D eigenvalue weighted by Gasteiger charge is 2.36. The highest BCUT2D eigenvalue weighted by Crippen LogP contribution is 2.39. The van der Waals surface area contributed by atoms with Crippen molar-refractivity contribution in [3.05, 3.63) is 103 Å². The van der Waals surface area contributed by atoms with Crippen molar-refractivity contribution in [3.63, 3.8) is 0 Å². The topological polar surface area (TPSA) is 64.6 Å². The van der Waals surface area contributed by atoms with Gasteiger partial charge in [0.25, 0.3) is 0 Å². The summed E-state index contributed by atoms with van der Waals surface area (Å²) in [5.74, 6) is 0.609. The molecule has 0 bridgehead atoms. The molecule has 2 unspecified atom stereocenters. The van der Waals surface area contributed by atoms with E-state index in [1.54, 1.807) is 18.0 Å². The predicted octanol–water partition coefficient (Wildman–Crippen LogP) is 5.32. The molecule has 150 valence electrons. The molecule has 1 aromatic heterocycles. The van der Waals surface area contributed by atoms with E-state index in [1.807, 2.05) is 72.9 Å². The summed E-state index contributed by atoms with van der Waals surface area (Å²) in [6.07, 6.45) is 4.58. The summed E-state index contributed by atoms with van der Waals surface area (Å²) in [7, 11) is 0. The summed E-state index contributed by atoms with van der Waals surface area (Å²) in [5.41, 5.74) is 2.99. The number of hydrogen-bond acceptors (Lipinski definition) is 6. The molecule has 2 aliphatic rings. The first kappa shape index (κ1) is 19.3. The van der Waals surface area contributed by atoms with Gasteiger partial charge in [0, 0.05) is 29.3 Å². The molecule has 31 heavy (non-hydrogen) atoms. The smallest absolute Gasteiger partial charge is 0.183 e. The molecular formula is C25H19N5S. The molecule has 5 rings (SSSR count). The summed E-state index contributed by atoms with van der Waals surface area (Å²) in [6, 6.07) is 28.3. The Balaban J connectivity index is 1.59. The van der Waals surface area contributed by atoms with E-state index in [4.69, 9.17) is 4.99 Å². The van der Waals surface area contributed by atoms with Gasteiger partial charge >= 0.3 is 0 Å². The fourth-order valence-corrected chi connectivity index (χ4v) is 4.89. The number of benzene rings is 2. The van der Waals surface area contributed by atoms with E-state index < -0.39 is 0 Å². The Bertz CT molecular complexity index is 1200. The van der Waals surface area contributed by atoms with Gasteiger partial charge in [0.15, 0.2) is 11.5 Å². The maximum atomic E-state index is 9.89. The van der Waals surface area contributed by atoms with Crippen LogP contribution in [0.1, 0.15) is 23.7 Å². The molecule has 0 saturated heterocycles. The number of fused-ring (bicyclic) bond motifs is 1. The van der Waals surface area contributed by atoms with Gasteiger partial charge in [0.2, 0.25) is 0 Å². The van der Waals surface area contributed by atoms with E-state index >= 15 is 0 Å². The van der Waals surface area contributed by atoms with Gasteiger partial charge in [-0.25, -0.2) is 4.99 Å². The Morgan fingerprint density at radius 1 is 0.935 bits per heavy atom. The van der Waals surface area contributed by atoms with Crippen LogP contribution in [0.15, 0.2) is 106 Å². The first-order valence-corrected chi connectivity index (χ1v) is 10.9. The number of hydrogen-bond donors (Lipinski definition) is 0. The number of aromatic nitrogens is 1. The number of thioether (sulfide) groups is 1. The van der Waals surface area contributed by atoms with Crippen LogP contribution in [-0.4, -0.2) is 26.8 Å². The van der Waals surface area contributed by atoms with Crippen LogP contribution in [0.5, 0.6) is 0 Å². The number of amidine groups is 1. The fourth-order valence-electron chi connectivity index (χ4n) is 3.71. The van der Waals surface area contributed by atoms with Crippen LogP contribution < -0.4 is 0 Å². The molecule has 2 aromatic carbocycles. The average Bonchev–Trinajstić information content (AvgIpc) is 2.85. The zero-order valence-electron chi connectivity index (χ0n) is 16.7. The molecule has 0 N–H and O–H groups in total. The van der Waals surface area contributed by atoms with Crippen LogP contribution in [0.2, 0.25) is 0 Å². The Morgan fingerprint density at radius 2 is 1.68 bits per heavy atom. The molecule has 2 aliphatic heterocycles. The van der Waals surface area contributed by atoms with Crippen molar-refractivity contribution in [3.8, 4) is 6.07 Å². The van der Waals surface area contributed by atoms with Crippen molar-refractivity contribution in [2.45, 2.75) is 22.7 Å². The summed E-state index contributed by atoms with van der Waals surface area (Å²) in [5, 5.41) is 9.94. The molecule has 3 heterocycles. The molecule has 0 spiro atoms. The Hall–Kier alpha value is -3.69. The number of aliphatic imine (C=N–C) groups is 2. The predicted molar refractivity (Wildman–Crippen MR) is 124 cm³/mol. The van der Waals surface area contributed by atoms with Gasteiger partial charge in [-0.1, -0.05) is 54.6 Å². The van der Waals surface area contributed by atoms with E-state index in [1.165, 1.54) is 4.90 Å². The third-order valence-electron chi connectivity index (χ3n) is 5.18. The van der Waals surface area contributed by atoms with Gasteiger partial charge in [0.05, 0.1) is 22.8 Å². The lowest BCUT2D eigenvalue weighted by Crippen LogP contribution is -2.44. The molecular weight excluding hydrogens is 402 g/mol. The minimum atomic E-state index is -0.126. The van der Waals surface area contributed by atoms with E-state index in [0.29, 0.717) is 11.5 Å². The number of rotatable bonds is 4. The normalized spacial score (nSPS) is 20.1. The molecule has 0 radical (unpaired) electrons. The van der Waals surface area contributed by atoms with Gasteiger partial charge in [0.1, 0.15) is 6.07 Å². The lowest BCUT2D eigenvalue weighted by molar-refractivity contribution is 0.422. The van der Waals surface area contributed by atoms with Crippen molar-refractivity contribution in [2.24, 2.45) is 9.98 Å². The first-order chi connectivity index (χ1) is 15.3. The Labute approximate surface area is 185 Å². The summed E-state index contributed by atoms with van der Waals surface area (Å²) < 4.78 is 0. The second-order valence-corrected chi connectivity index (χ2v) is 8.46. The molecule has 0 aliphatic carbocycles. The molecule has 0 fully saturated rings. The number of pyridine rings is 1. The van der Waals surface area contributed by atoms with Crippen LogP contribution in [0.4, 0.5) is 0 Å². The molecule has 0 amide bonds. The Kier molecular flexibility index (Phi) is 5.34. The summed E-state index contributed by atoms with van der Waals surface area (Å²) in [6.45, 7) is 0. The summed E-state index contributed by atoms with van der Waals surface area (Å²) >= 11 is 1.77. The van der Waals surface area contributed by atoms with E-state index in [2.05, 4.69) is 33.1 Å². The zero-order valence-corrected chi connectivity index (χ0v) is 17.5. The van der Waals surface area contributed by atoms with Crippen molar-refractivity contribution in [2.75, 3.05) is 0 Å². The minimum Gasteiger partial charge on any atom is -0.316 e. The van der Waals surface area contributed by atoms with Crippen LogP contribution >= 0.6 is 11.8 Å². The van der Waals surface area contributed by atoms with E-state index in [9.17, 15) is 5.26 Å². The second kappa shape index (κ2) is 8.58. The Morgan fingerprint density at radius 3 is 2.39 bits per heavy atom. The van der Waals surface area contributed by atoms with Crippen molar-refractivity contribution in [1.29, 1.82) is 5.26 Å². The van der Waals surface area contributed by atoms with Gasteiger partial charge in [-0.3, -0.25) is 9.98 Å². The number of nitrogens with zero attached hydrogens (tertiary/aromatic N) is 5. The third kappa shape index (κ3) is 4.00. The highest BCUT2D eigenvalue weighted by molar-refractivity contribution is 8.00. The van der Waals surface area contributed by atoms with Gasteiger partial charge in [-0.15, -0.1) is 11.8 Å². The zero-order chi connectivity index (χ0) is 21.0. The first-order valence-electron chi connectivity index (χ1n) is 10.1. The van der Waals surface area contributed by atoms with Crippen LogP contribution in [0.3, 0.4) is 0 Å². The van der Waals surface area contributed by atoms with Crippen LogP contribution in [0.25, 0.3) is 5.70 Å². The quantitative estimate of drug-likeness (QED) is 0.572. The van der Waals surface area contributed by atoms with E-state index in [0.717, 1.165) is 23.4 Å². The molecule has 6 heteroatoms. The van der Waals surface area contributed by atoms with Crippen molar-refractivity contribution in [1.82, 2.24) is 9.88 Å². The number of nitriles is 1. The molecule has 3 aromatic rings. The standard InChI is InChI=1S/C25H19N5S/c26-16-22-25-29-21(20-13-7-8-14-27-20)15-24(31-19-11-5-2-6-12-19)30(25)17-23(28-22)18-9-3-1-4-10-18/h1-14,17,21,24H,15H2. The molecule has 5 nitrogen and oxygen atoms in total.